The standard InChI is InChI=1S/C12H8FN3O/c13-8-3-1-7(2-4-8)9-5-14-11-10(9)12(17)16-6-15-11/h1-6H,(H2,14,15,16,17). The lowest BCUT2D eigenvalue weighted by Crippen LogP contribution is -2.05. The lowest BCUT2D eigenvalue weighted by molar-refractivity contribution is 0.628. The molecule has 5 heteroatoms. The number of hydrogen-bond donors (Lipinski definition) is 2. The Morgan fingerprint density at radius 2 is 1.88 bits per heavy atom. The summed E-state index contributed by atoms with van der Waals surface area (Å²) >= 11 is 0. The monoisotopic (exact) mass is 229 g/mol. The summed E-state index contributed by atoms with van der Waals surface area (Å²) in [5.74, 6) is -0.305. The molecule has 2 N–H and O–H groups in total. The largest absolute Gasteiger partial charge is 0.345 e. The van der Waals surface area contributed by atoms with E-state index in [1.807, 2.05) is 0 Å². The Bertz CT molecular complexity index is 727. The Hall–Kier alpha value is -2.43. The SMILES string of the molecule is O=c1[nH]cnc2[nH]cc(-c3ccc(F)cc3)c12. The van der Waals surface area contributed by atoms with Gasteiger partial charge in [0.2, 0.25) is 0 Å². The van der Waals surface area contributed by atoms with Gasteiger partial charge in [-0.3, -0.25) is 4.79 Å². The molecule has 0 aliphatic carbocycles. The van der Waals surface area contributed by atoms with Crippen LogP contribution in [0.2, 0.25) is 0 Å². The van der Waals surface area contributed by atoms with E-state index in [1.54, 1.807) is 18.3 Å². The van der Waals surface area contributed by atoms with E-state index in [0.29, 0.717) is 16.6 Å². The molecule has 0 fully saturated rings. The van der Waals surface area contributed by atoms with Gasteiger partial charge in [0.15, 0.2) is 0 Å². The van der Waals surface area contributed by atoms with Crippen LogP contribution in [-0.2, 0) is 0 Å². The Balaban J connectivity index is 2.31. The van der Waals surface area contributed by atoms with Crippen molar-refractivity contribution in [3.63, 3.8) is 0 Å². The van der Waals surface area contributed by atoms with Gasteiger partial charge in [-0.2, -0.15) is 0 Å². The van der Waals surface area contributed by atoms with Gasteiger partial charge in [-0.1, -0.05) is 12.1 Å². The minimum absolute atomic E-state index is 0.212. The Labute approximate surface area is 95.1 Å². The number of benzene rings is 1. The second kappa shape index (κ2) is 3.55. The van der Waals surface area contributed by atoms with Gasteiger partial charge in [-0.25, -0.2) is 9.37 Å². The predicted molar refractivity (Wildman–Crippen MR) is 62.1 cm³/mol. The van der Waals surface area contributed by atoms with E-state index in [9.17, 15) is 9.18 Å². The summed E-state index contributed by atoms with van der Waals surface area (Å²) in [6.45, 7) is 0. The first kappa shape index (κ1) is 9.77. The van der Waals surface area contributed by atoms with Crippen molar-refractivity contribution in [2.75, 3.05) is 0 Å². The smallest absolute Gasteiger partial charge is 0.260 e. The van der Waals surface area contributed by atoms with Crippen molar-refractivity contribution in [1.82, 2.24) is 15.0 Å². The quantitative estimate of drug-likeness (QED) is 0.670. The summed E-state index contributed by atoms with van der Waals surface area (Å²) < 4.78 is 12.8. The molecule has 0 aliphatic heterocycles. The molecule has 0 radical (unpaired) electrons. The third-order valence-electron chi connectivity index (χ3n) is 2.63. The minimum Gasteiger partial charge on any atom is -0.345 e. The fraction of sp³-hybridized carbons (Fsp3) is 0. The van der Waals surface area contributed by atoms with Crippen molar-refractivity contribution in [3.8, 4) is 11.1 Å². The van der Waals surface area contributed by atoms with Gasteiger partial charge in [-0.05, 0) is 17.7 Å². The maximum atomic E-state index is 12.8. The van der Waals surface area contributed by atoms with Crippen LogP contribution in [0.3, 0.4) is 0 Å². The lowest BCUT2D eigenvalue weighted by atomic mass is 10.1. The van der Waals surface area contributed by atoms with Crippen molar-refractivity contribution in [3.05, 3.63) is 53.0 Å². The topological polar surface area (TPSA) is 61.5 Å². The molecule has 0 saturated heterocycles. The molecular formula is C12H8FN3O. The molecule has 2 aromatic heterocycles. The van der Waals surface area contributed by atoms with Crippen molar-refractivity contribution in [2.45, 2.75) is 0 Å². The second-order valence-electron chi connectivity index (χ2n) is 3.66. The van der Waals surface area contributed by atoms with E-state index >= 15 is 0 Å². The third-order valence-corrected chi connectivity index (χ3v) is 2.63. The van der Waals surface area contributed by atoms with E-state index in [2.05, 4.69) is 15.0 Å². The van der Waals surface area contributed by atoms with Gasteiger partial charge in [0.1, 0.15) is 11.5 Å². The first-order chi connectivity index (χ1) is 8.25. The van der Waals surface area contributed by atoms with Crippen LogP contribution in [-0.4, -0.2) is 15.0 Å². The number of aromatic amines is 2. The molecule has 4 nitrogen and oxygen atoms in total. The molecule has 0 spiro atoms. The maximum absolute atomic E-state index is 12.8. The first-order valence-electron chi connectivity index (χ1n) is 5.06. The molecule has 0 bridgehead atoms. The Kier molecular flexibility index (Phi) is 2.04. The zero-order valence-corrected chi connectivity index (χ0v) is 8.70. The maximum Gasteiger partial charge on any atom is 0.260 e. The number of nitrogens with zero attached hydrogens (tertiary/aromatic N) is 1. The molecule has 17 heavy (non-hydrogen) atoms. The van der Waals surface area contributed by atoms with Gasteiger partial charge < -0.3 is 9.97 Å². The van der Waals surface area contributed by atoms with E-state index in [0.717, 1.165) is 5.56 Å². The third kappa shape index (κ3) is 1.52. The molecule has 84 valence electrons. The molecular weight excluding hydrogens is 221 g/mol. The number of aromatic nitrogens is 3. The molecule has 0 atom stereocenters. The number of hydrogen-bond acceptors (Lipinski definition) is 2. The number of nitrogens with one attached hydrogen (secondary N) is 2. The van der Waals surface area contributed by atoms with E-state index in [-0.39, 0.29) is 11.4 Å². The zero-order chi connectivity index (χ0) is 11.8. The van der Waals surface area contributed by atoms with E-state index in [1.165, 1.54) is 18.5 Å². The fourth-order valence-electron chi connectivity index (χ4n) is 1.83. The van der Waals surface area contributed by atoms with Crippen LogP contribution in [0, 0.1) is 5.82 Å². The van der Waals surface area contributed by atoms with Crippen LogP contribution >= 0.6 is 0 Å². The minimum atomic E-state index is -0.305. The summed E-state index contributed by atoms with van der Waals surface area (Å²) in [7, 11) is 0. The highest BCUT2D eigenvalue weighted by Crippen LogP contribution is 2.24. The second-order valence-corrected chi connectivity index (χ2v) is 3.66. The molecule has 1 aromatic carbocycles. The molecule has 0 unspecified atom stereocenters. The van der Waals surface area contributed by atoms with Crippen LogP contribution in [0.4, 0.5) is 4.39 Å². The summed E-state index contributed by atoms with van der Waals surface area (Å²) in [5, 5.41) is 0.485. The summed E-state index contributed by atoms with van der Waals surface area (Å²) in [4.78, 5) is 21.2. The van der Waals surface area contributed by atoms with Gasteiger partial charge in [0.25, 0.3) is 5.56 Å². The zero-order valence-electron chi connectivity index (χ0n) is 8.70. The lowest BCUT2D eigenvalue weighted by Gasteiger charge is -1.98. The first-order valence-corrected chi connectivity index (χ1v) is 5.06. The predicted octanol–water partition coefficient (Wildman–Crippen LogP) is 2.06. The highest BCUT2D eigenvalue weighted by molar-refractivity contribution is 5.92. The number of rotatable bonds is 1. The van der Waals surface area contributed by atoms with Crippen LogP contribution in [0.25, 0.3) is 22.2 Å². The van der Waals surface area contributed by atoms with Gasteiger partial charge >= 0.3 is 0 Å². The van der Waals surface area contributed by atoms with Crippen LogP contribution in [0.1, 0.15) is 0 Å². The van der Waals surface area contributed by atoms with Gasteiger partial charge in [-0.15, -0.1) is 0 Å². The number of halogens is 1. The van der Waals surface area contributed by atoms with Crippen LogP contribution < -0.4 is 5.56 Å². The Morgan fingerprint density at radius 3 is 2.65 bits per heavy atom. The highest BCUT2D eigenvalue weighted by Gasteiger charge is 2.09. The van der Waals surface area contributed by atoms with Crippen LogP contribution in [0.15, 0.2) is 41.6 Å². The van der Waals surface area contributed by atoms with Crippen LogP contribution in [0.5, 0.6) is 0 Å². The number of fused-ring (bicyclic) bond motifs is 1. The Morgan fingerprint density at radius 1 is 1.12 bits per heavy atom. The number of H-pyrrole nitrogens is 2. The van der Waals surface area contributed by atoms with Crippen molar-refractivity contribution >= 4 is 11.0 Å². The van der Waals surface area contributed by atoms with Gasteiger partial charge in [0, 0.05) is 11.8 Å². The molecule has 0 saturated carbocycles. The highest BCUT2D eigenvalue weighted by atomic mass is 19.1. The molecule has 3 rings (SSSR count). The van der Waals surface area contributed by atoms with Crippen molar-refractivity contribution < 1.29 is 4.39 Å². The molecule has 0 amide bonds. The van der Waals surface area contributed by atoms with Crippen molar-refractivity contribution in [2.24, 2.45) is 0 Å². The van der Waals surface area contributed by atoms with E-state index in [4.69, 9.17) is 0 Å². The molecule has 2 heterocycles. The molecule has 0 aliphatic rings. The summed E-state index contributed by atoms with van der Waals surface area (Å²) in [5.41, 5.74) is 1.80. The van der Waals surface area contributed by atoms with E-state index < -0.39 is 0 Å². The van der Waals surface area contributed by atoms with Gasteiger partial charge in [0.05, 0.1) is 11.7 Å². The summed E-state index contributed by atoms with van der Waals surface area (Å²) in [6.07, 6.45) is 3.04. The average molecular weight is 229 g/mol. The van der Waals surface area contributed by atoms with Crippen molar-refractivity contribution in [1.29, 1.82) is 0 Å². The average Bonchev–Trinajstić information content (AvgIpc) is 2.75. The fourth-order valence-corrected chi connectivity index (χ4v) is 1.83. The molecule has 3 aromatic rings. The normalized spacial score (nSPS) is 10.9. The summed E-state index contributed by atoms with van der Waals surface area (Å²) in [6, 6.07) is 5.98.